The maximum atomic E-state index is 14.0. The largest absolute Gasteiger partial charge is 0.438 e. The first-order chi connectivity index (χ1) is 17.7. The lowest BCUT2D eigenvalue weighted by atomic mass is 9.85. The number of aromatic nitrogens is 2. The van der Waals surface area contributed by atoms with Crippen LogP contribution in [-0.4, -0.2) is 42.5 Å². The summed E-state index contributed by atoms with van der Waals surface area (Å²) < 4.78 is 43.3. The molecule has 0 spiro atoms. The number of hydrogen-bond acceptors (Lipinski definition) is 7. The second-order valence-electron chi connectivity index (χ2n) is 8.92. The van der Waals surface area contributed by atoms with E-state index >= 15 is 0 Å². The van der Waals surface area contributed by atoms with Crippen molar-refractivity contribution in [3.63, 3.8) is 0 Å². The molecule has 0 radical (unpaired) electrons. The van der Waals surface area contributed by atoms with Crippen molar-refractivity contribution in [2.24, 2.45) is 5.92 Å². The van der Waals surface area contributed by atoms with E-state index in [-0.39, 0.29) is 40.0 Å². The monoisotopic (exact) mass is 526 g/mol. The number of nitrogens with one attached hydrogen (secondary N) is 2. The molecule has 1 fully saturated rings. The van der Waals surface area contributed by atoms with Crippen LogP contribution in [0.3, 0.4) is 0 Å². The molecule has 0 unspecified atom stereocenters. The van der Waals surface area contributed by atoms with Gasteiger partial charge in [-0.2, -0.15) is 0 Å². The zero-order chi connectivity index (χ0) is 26.4. The van der Waals surface area contributed by atoms with E-state index in [1.165, 1.54) is 24.3 Å². The van der Waals surface area contributed by atoms with Crippen LogP contribution in [0.4, 0.5) is 4.39 Å². The summed E-state index contributed by atoms with van der Waals surface area (Å²) in [5, 5.41) is 5.79. The molecular weight excluding hydrogens is 499 g/mol. The Morgan fingerprint density at radius 3 is 2.54 bits per heavy atom. The van der Waals surface area contributed by atoms with Crippen molar-refractivity contribution in [3.05, 3.63) is 78.0 Å². The van der Waals surface area contributed by atoms with Gasteiger partial charge in [-0.15, -0.1) is 0 Å². The van der Waals surface area contributed by atoms with E-state index in [0.717, 1.165) is 24.2 Å². The van der Waals surface area contributed by atoms with Crippen molar-refractivity contribution in [1.82, 2.24) is 20.6 Å². The van der Waals surface area contributed by atoms with Gasteiger partial charge in [0.2, 0.25) is 11.8 Å². The fraction of sp³-hybridized carbons (Fsp3) is 0.308. The van der Waals surface area contributed by atoms with Crippen LogP contribution in [0.1, 0.15) is 41.7 Å². The fourth-order valence-corrected chi connectivity index (χ4v) is 4.79. The number of carbonyl (C=O) groups excluding carboxylic acids is 2. The number of ether oxygens (including phenoxy) is 1. The van der Waals surface area contributed by atoms with Gasteiger partial charge in [-0.1, -0.05) is 12.1 Å². The summed E-state index contributed by atoms with van der Waals surface area (Å²) in [5.74, 6) is -1.48. The summed E-state index contributed by atoms with van der Waals surface area (Å²) in [6, 6.07) is 12.1. The third-order valence-electron chi connectivity index (χ3n) is 6.11. The Balaban J connectivity index is 1.36. The lowest BCUT2D eigenvalue weighted by Crippen LogP contribution is -2.41. The van der Waals surface area contributed by atoms with E-state index in [0.29, 0.717) is 32.2 Å². The minimum absolute atomic E-state index is 0.0407. The number of pyridine rings is 2. The van der Waals surface area contributed by atoms with Crippen molar-refractivity contribution in [2.45, 2.75) is 43.2 Å². The smallest absolute Gasteiger partial charge is 0.257 e. The van der Waals surface area contributed by atoms with Crippen LogP contribution in [0, 0.1) is 11.7 Å². The Morgan fingerprint density at radius 1 is 1.05 bits per heavy atom. The third-order valence-corrected chi connectivity index (χ3v) is 7.22. The molecule has 9 nitrogen and oxygen atoms in total. The Bertz CT molecular complexity index is 1380. The third kappa shape index (κ3) is 7.10. The lowest BCUT2D eigenvalue weighted by Gasteiger charge is -2.28. The molecule has 2 heterocycles. The highest BCUT2D eigenvalue weighted by molar-refractivity contribution is 7.90. The summed E-state index contributed by atoms with van der Waals surface area (Å²) in [4.78, 5) is 33.7. The Kier molecular flexibility index (Phi) is 8.12. The predicted octanol–water partition coefficient (Wildman–Crippen LogP) is 3.42. The summed E-state index contributed by atoms with van der Waals surface area (Å²) in [7, 11) is -3.47. The van der Waals surface area contributed by atoms with E-state index in [2.05, 4.69) is 20.6 Å². The first-order valence-electron chi connectivity index (χ1n) is 11.8. The number of nitrogens with zero attached hydrogens (tertiary/aromatic N) is 2. The van der Waals surface area contributed by atoms with Crippen LogP contribution in [-0.2, 0) is 21.2 Å². The molecule has 0 atom stereocenters. The summed E-state index contributed by atoms with van der Waals surface area (Å²) in [6.07, 6.45) is 6.03. The molecule has 2 amide bonds. The quantitative estimate of drug-likeness (QED) is 0.460. The van der Waals surface area contributed by atoms with Crippen LogP contribution in [0.25, 0.3) is 0 Å². The van der Waals surface area contributed by atoms with Crippen molar-refractivity contribution >= 4 is 21.7 Å². The molecule has 0 aliphatic heterocycles. The highest BCUT2D eigenvalue weighted by Crippen LogP contribution is 2.28. The highest BCUT2D eigenvalue weighted by Gasteiger charge is 2.28. The van der Waals surface area contributed by atoms with E-state index in [4.69, 9.17) is 4.74 Å². The second-order valence-corrected chi connectivity index (χ2v) is 10.9. The van der Waals surface area contributed by atoms with Crippen LogP contribution >= 0.6 is 0 Å². The fourth-order valence-electron chi connectivity index (χ4n) is 4.14. The molecule has 194 valence electrons. The van der Waals surface area contributed by atoms with Crippen LogP contribution in [0.2, 0.25) is 0 Å². The van der Waals surface area contributed by atoms with Crippen LogP contribution < -0.4 is 15.4 Å². The van der Waals surface area contributed by atoms with Gasteiger partial charge >= 0.3 is 0 Å². The van der Waals surface area contributed by atoms with Crippen molar-refractivity contribution < 1.29 is 27.1 Å². The van der Waals surface area contributed by atoms with Gasteiger partial charge in [-0.25, -0.2) is 17.8 Å². The van der Waals surface area contributed by atoms with E-state index in [1.54, 1.807) is 6.20 Å². The SMILES string of the molecule is CS(=O)(=O)c1cccc(Oc2ncc(F)cc2C(=O)N[C@H]2CC[C@@H](C(=O)NCc3ccccn3)CC2)c1. The summed E-state index contributed by atoms with van der Waals surface area (Å²) >= 11 is 0. The van der Waals surface area contributed by atoms with Crippen molar-refractivity contribution in [3.8, 4) is 11.6 Å². The highest BCUT2D eigenvalue weighted by atomic mass is 32.2. The number of carbonyl (C=O) groups is 2. The number of halogens is 1. The molecule has 2 aromatic heterocycles. The molecule has 1 aromatic carbocycles. The Hall–Kier alpha value is -3.86. The molecule has 0 saturated heterocycles. The van der Waals surface area contributed by atoms with E-state index in [1.807, 2.05) is 18.2 Å². The summed E-state index contributed by atoms with van der Waals surface area (Å²) in [6.45, 7) is 0.360. The average molecular weight is 527 g/mol. The maximum Gasteiger partial charge on any atom is 0.257 e. The molecule has 4 rings (SSSR count). The van der Waals surface area contributed by atoms with E-state index < -0.39 is 21.6 Å². The lowest BCUT2D eigenvalue weighted by molar-refractivity contribution is -0.126. The molecule has 1 aliphatic carbocycles. The van der Waals surface area contributed by atoms with Gasteiger partial charge in [-0.05, 0) is 62.1 Å². The predicted molar refractivity (Wildman–Crippen MR) is 133 cm³/mol. The minimum Gasteiger partial charge on any atom is -0.438 e. The normalized spacial score (nSPS) is 17.6. The van der Waals surface area contributed by atoms with Crippen LogP contribution in [0.15, 0.2) is 65.8 Å². The number of rotatable bonds is 8. The van der Waals surface area contributed by atoms with Gasteiger partial charge < -0.3 is 15.4 Å². The van der Waals surface area contributed by atoms with Gasteiger partial charge in [0.25, 0.3) is 5.91 Å². The standard InChI is InChI=1S/C26H27FN4O5S/c1-37(34,35)22-7-4-6-21(14-22)36-26-23(13-18(27)15-30-26)25(33)31-19-10-8-17(9-11-19)24(32)29-16-20-5-2-3-12-28-20/h2-7,12-15,17,19H,8-11,16H2,1H3,(H,29,32)(H,31,33)/t17-,19+. The Labute approximate surface area is 214 Å². The van der Waals surface area contributed by atoms with Gasteiger partial charge in [0.1, 0.15) is 17.1 Å². The van der Waals surface area contributed by atoms with Crippen molar-refractivity contribution in [1.29, 1.82) is 0 Å². The molecule has 0 bridgehead atoms. The first kappa shape index (κ1) is 26.2. The van der Waals surface area contributed by atoms with Gasteiger partial charge in [0, 0.05) is 24.4 Å². The molecule has 1 aliphatic rings. The zero-order valence-corrected chi connectivity index (χ0v) is 21.0. The molecule has 3 aromatic rings. The van der Waals surface area contributed by atoms with Gasteiger partial charge in [0.15, 0.2) is 9.84 Å². The first-order valence-corrected chi connectivity index (χ1v) is 13.7. The van der Waals surface area contributed by atoms with Crippen molar-refractivity contribution in [2.75, 3.05) is 6.26 Å². The molecule has 1 saturated carbocycles. The Morgan fingerprint density at radius 2 is 1.84 bits per heavy atom. The second kappa shape index (κ2) is 11.5. The number of sulfone groups is 1. The number of benzene rings is 1. The molecule has 37 heavy (non-hydrogen) atoms. The average Bonchev–Trinajstić information content (AvgIpc) is 2.89. The van der Waals surface area contributed by atoms with Crippen LogP contribution in [0.5, 0.6) is 11.6 Å². The van der Waals surface area contributed by atoms with Gasteiger partial charge in [0.05, 0.1) is 23.3 Å². The minimum atomic E-state index is -3.47. The zero-order valence-electron chi connectivity index (χ0n) is 20.2. The maximum absolute atomic E-state index is 14.0. The van der Waals surface area contributed by atoms with E-state index in [9.17, 15) is 22.4 Å². The molecular formula is C26H27FN4O5S. The van der Waals surface area contributed by atoms with Gasteiger partial charge in [-0.3, -0.25) is 14.6 Å². The number of amides is 2. The summed E-state index contributed by atoms with van der Waals surface area (Å²) in [5.41, 5.74) is 0.668. The molecule has 11 heteroatoms. The molecule has 2 N–H and O–H groups in total. The topological polar surface area (TPSA) is 127 Å². The number of hydrogen-bond donors (Lipinski definition) is 2.